The molecule has 1 fully saturated rings. The fourth-order valence-corrected chi connectivity index (χ4v) is 2.46. The standard InChI is InChI=1S/C16H22O2/c1-12(2)10-13-5-7-14(8-6-13)16(17)15-4-3-9-18-11-15/h5-8,12,15H,3-4,9-11H2,1-2H3. The average molecular weight is 246 g/mol. The summed E-state index contributed by atoms with van der Waals surface area (Å²) in [6.07, 6.45) is 3.04. The average Bonchev–Trinajstić information content (AvgIpc) is 2.39. The molecule has 2 heteroatoms. The quantitative estimate of drug-likeness (QED) is 0.760. The molecule has 0 saturated carbocycles. The van der Waals surface area contributed by atoms with Crippen LogP contribution in [0, 0.1) is 11.8 Å². The summed E-state index contributed by atoms with van der Waals surface area (Å²) < 4.78 is 5.38. The van der Waals surface area contributed by atoms with Gasteiger partial charge >= 0.3 is 0 Å². The third kappa shape index (κ3) is 3.42. The van der Waals surface area contributed by atoms with E-state index in [4.69, 9.17) is 4.74 Å². The van der Waals surface area contributed by atoms with Crippen molar-refractivity contribution in [3.63, 3.8) is 0 Å². The van der Waals surface area contributed by atoms with Crippen LogP contribution in [0.4, 0.5) is 0 Å². The topological polar surface area (TPSA) is 26.3 Å². The van der Waals surface area contributed by atoms with Crippen LogP contribution in [-0.4, -0.2) is 19.0 Å². The van der Waals surface area contributed by atoms with Gasteiger partial charge in [0.15, 0.2) is 5.78 Å². The van der Waals surface area contributed by atoms with Gasteiger partial charge in [-0.05, 0) is 30.7 Å². The van der Waals surface area contributed by atoms with Crippen molar-refractivity contribution < 1.29 is 9.53 Å². The Hall–Kier alpha value is -1.15. The van der Waals surface area contributed by atoms with E-state index in [0.717, 1.165) is 31.4 Å². The molecule has 1 heterocycles. The molecule has 0 spiro atoms. The van der Waals surface area contributed by atoms with Gasteiger partial charge < -0.3 is 4.74 Å². The number of hydrogen-bond donors (Lipinski definition) is 0. The second-order valence-corrected chi connectivity index (χ2v) is 5.57. The van der Waals surface area contributed by atoms with Gasteiger partial charge in [0.05, 0.1) is 6.61 Å². The molecule has 1 unspecified atom stereocenters. The normalized spacial score (nSPS) is 20.1. The predicted molar refractivity (Wildman–Crippen MR) is 72.9 cm³/mol. The van der Waals surface area contributed by atoms with Crippen LogP contribution in [0.1, 0.15) is 42.6 Å². The van der Waals surface area contributed by atoms with Crippen molar-refractivity contribution in [2.24, 2.45) is 11.8 Å². The molecule has 2 rings (SSSR count). The molecule has 0 N–H and O–H groups in total. The molecule has 1 aliphatic heterocycles. The third-order valence-electron chi connectivity index (χ3n) is 3.41. The van der Waals surface area contributed by atoms with Crippen molar-refractivity contribution in [3.05, 3.63) is 35.4 Å². The first-order valence-corrected chi connectivity index (χ1v) is 6.87. The van der Waals surface area contributed by atoms with Crippen molar-refractivity contribution in [2.45, 2.75) is 33.1 Å². The Kier molecular flexibility index (Phi) is 4.54. The number of carbonyl (C=O) groups excluding carboxylic acids is 1. The lowest BCUT2D eigenvalue weighted by atomic mass is 9.91. The highest BCUT2D eigenvalue weighted by Gasteiger charge is 2.22. The molecule has 1 aromatic carbocycles. The first kappa shape index (κ1) is 13.3. The fourth-order valence-electron chi connectivity index (χ4n) is 2.46. The number of hydrogen-bond acceptors (Lipinski definition) is 2. The zero-order valence-corrected chi connectivity index (χ0v) is 11.3. The summed E-state index contributed by atoms with van der Waals surface area (Å²) in [7, 11) is 0. The molecular formula is C16H22O2. The van der Waals surface area contributed by atoms with E-state index in [1.54, 1.807) is 0 Å². The van der Waals surface area contributed by atoms with Crippen LogP contribution in [0.3, 0.4) is 0 Å². The van der Waals surface area contributed by atoms with Gasteiger partial charge in [0.25, 0.3) is 0 Å². The van der Waals surface area contributed by atoms with Gasteiger partial charge in [-0.2, -0.15) is 0 Å². The molecule has 1 atom stereocenters. The molecule has 0 radical (unpaired) electrons. The molecular weight excluding hydrogens is 224 g/mol. The van der Waals surface area contributed by atoms with Crippen LogP contribution in [0.15, 0.2) is 24.3 Å². The molecule has 0 bridgehead atoms. The summed E-state index contributed by atoms with van der Waals surface area (Å²) >= 11 is 0. The summed E-state index contributed by atoms with van der Waals surface area (Å²) in [6, 6.07) is 8.09. The van der Waals surface area contributed by atoms with Crippen molar-refractivity contribution in [3.8, 4) is 0 Å². The van der Waals surface area contributed by atoms with E-state index in [0.29, 0.717) is 12.5 Å². The predicted octanol–water partition coefficient (Wildman–Crippen LogP) is 3.49. The van der Waals surface area contributed by atoms with Gasteiger partial charge in [-0.1, -0.05) is 38.1 Å². The van der Waals surface area contributed by atoms with E-state index in [-0.39, 0.29) is 11.7 Å². The Morgan fingerprint density at radius 1 is 1.33 bits per heavy atom. The van der Waals surface area contributed by atoms with Crippen molar-refractivity contribution in [1.82, 2.24) is 0 Å². The highest BCUT2D eigenvalue weighted by atomic mass is 16.5. The number of rotatable bonds is 4. The first-order chi connectivity index (χ1) is 8.66. The Morgan fingerprint density at radius 2 is 2.06 bits per heavy atom. The Bertz CT molecular complexity index is 386. The number of ether oxygens (including phenoxy) is 1. The van der Waals surface area contributed by atoms with E-state index >= 15 is 0 Å². The molecule has 1 aromatic rings. The van der Waals surface area contributed by atoms with Gasteiger partial charge in [0.1, 0.15) is 0 Å². The lowest BCUT2D eigenvalue weighted by molar-refractivity contribution is 0.0461. The minimum Gasteiger partial charge on any atom is -0.381 e. The highest BCUT2D eigenvalue weighted by Crippen LogP contribution is 2.19. The van der Waals surface area contributed by atoms with Crippen molar-refractivity contribution in [1.29, 1.82) is 0 Å². The molecule has 1 saturated heterocycles. The second-order valence-electron chi connectivity index (χ2n) is 5.57. The molecule has 1 aliphatic rings. The van der Waals surface area contributed by atoms with E-state index in [9.17, 15) is 4.79 Å². The van der Waals surface area contributed by atoms with Gasteiger partial charge in [-0.15, -0.1) is 0 Å². The lowest BCUT2D eigenvalue weighted by Gasteiger charge is -2.20. The maximum absolute atomic E-state index is 12.3. The summed E-state index contributed by atoms with van der Waals surface area (Å²) in [4.78, 5) is 12.3. The van der Waals surface area contributed by atoms with Crippen LogP contribution < -0.4 is 0 Å². The van der Waals surface area contributed by atoms with Gasteiger partial charge in [-0.3, -0.25) is 4.79 Å². The van der Waals surface area contributed by atoms with Crippen LogP contribution in [0.2, 0.25) is 0 Å². The van der Waals surface area contributed by atoms with Crippen LogP contribution in [0.25, 0.3) is 0 Å². The zero-order chi connectivity index (χ0) is 13.0. The Labute approximate surface area is 109 Å². The third-order valence-corrected chi connectivity index (χ3v) is 3.41. The monoisotopic (exact) mass is 246 g/mol. The maximum atomic E-state index is 12.3. The van der Waals surface area contributed by atoms with Crippen LogP contribution in [0.5, 0.6) is 0 Å². The summed E-state index contributed by atoms with van der Waals surface area (Å²) in [5.41, 5.74) is 2.14. The largest absolute Gasteiger partial charge is 0.381 e. The number of ketones is 1. The van der Waals surface area contributed by atoms with E-state index in [2.05, 4.69) is 26.0 Å². The number of Topliss-reactive ketones (excluding diaryl/α,β-unsaturated/α-hetero) is 1. The van der Waals surface area contributed by atoms with E-state index in [1.807, 2.05) is 12.1 Å². The number of benzene rings is 1. The second kappa shape index (κ2) is 6.14. The highest BCUT2D eigenvalue weighted by molar-refractivity contribution is 5.98. The molecule has 2 nitrogen and oxygen atoms in total. The Morgan fingerprint density at radius 3 is 2.61 bits per heavy atom. The minimum absolute atomic E-state index is 0.0645. The summed E-state index contributed by atoms with van der Waals surface area (Å²) in [5.74, 6) is 0.957. The molecule has 0 aromatic heterocycles. The maximum Gasteiger partial charge on any atom is 0.168 e. The minimum atomic E-state index is 0.0645. The SMILES string of the molecule is CC(C)Cc1ccc(C(=O)C2CCCOC2)cc1. The van der Waals surface area contributed by atoms with Crippen LogP contribution >= 0.6 is 0 Å². The fraction of sp³-hybridized carbons (Fsp3) is 0.562. The number of carbonyl (C=O) groups is 1. The van der Waals surface area contributed by atoms with E-state index < -0.39 is 0 Å². The molecule has 98 valence electrons. The first-order valence-electron chi connectivity index (χ1n) is 6.87. The van der Waals surface area contributed by atoms with Gasteiger partial charge in [0.2, 0.25) is 0 Å². The Balaban J connectivity index is 2.02. The molecule has 0 amide bonds. The smallest absolute Gasteiger partial charge is 0.168 e. The van der Waals surface area contributed by atoms with Crippen molar-refractivity contribution >= 4 is 5.78 Å². The van der Waals surface area contributed by atoms with E-state index in [1.165, 1.54) is 5.56 Å². The van der Waals surface area contributed by atoms with Gasteiger partial charge in [-0.25, -0.2) is 0 Å². The molecule has 0 aliphatic carbocycles. The summed E-state index contributed by atoms with van der Waals surface area (Å²) in [6.45, 7) is 5.81. The molecule has 18 heavy (non-hydrogen) atoms. The lowest BCUT2D eigenvalue weighted by Crippen LogP contribution is -2.25. The summed E-state index contributed by atoms with van der Waals surface area (Å²) in [5, 5.41) is 0. The van der Waals surface area contributed by atoms with Crippen molar-refractivity contribution in [2.75, 3.05) is 13.2 Å². The van der Waals surface area contributed by atoms with Gasteiger partial charge in [0, 0.05) is 18.1 Å². The zero-order valence-electron chi connectivity index (χ0n) is 11.3. The van der Waals surface area contributed by atoms with Crippen LogP contribution in [-0.2, 0) is 11.2 Å².